The molecule has 3 nitrogen and oxygen atoms in total. The van der Waals surface area contributed by atoms with Crippen molar-refractivity contribution in [3.8, 4) is 5.75 Å². The molecule has 0 aromatic heterocycles. The lowest BCUT2D eigenvalue weighted by Crippen LogP contribution is -2.15. The van der Waals surface area contributed by atoms with Gasteiger partial charge in [-0.3, -0.25) is 0 Å². The van der Waals surface area contributed by atoms with Crippen molar-refractivity contribution >= 4 is 0 Å². The van der Waals surface area contributed by atoms with E-state index in [2.05, 4.69) is 31.3 Å². The number of rotatable bonds is 9. The van der Waals surface area contributed by atoms with Gasteiger partial charge in [0.05, 0.1) is 13.2 Å². The summed E-state index contributed by atoms with van der Waals surface area (Å²) in [5, 5.41) is 3.05. The molecule has 102 valence electrons. The summed E-state index contributed by atoms with van der Waals surface area (Å²) in [6, 6.07) is 8.24. The van der Waals surface area contributed by atoms with Gasteiger partial charge in [0.25, 0.3) is 0 Å². The monoisotopic (exact) mass is 251 g/mol. The van der Waals surface area contributed by atoms with Gasteiger partial charge in [0.1, 0.15) is 5.75 Å². The Labute approximate surface area is 110 Å². The molecule has 1 rings (SSSR count). The summed E-state index contributed by atoms with van der Waals surface area (Å²) < 4.78 is 11.3. The lowest BCUT2D eigenvalue weighted by atomic mass is 10.0. The molecule has 0 aliphatic heterocycles. The van der Waals surface area contributed by atoms with Crippen molar-refractivity contribution in [2.75, 3.05) is 33.4 Å². The van der Waals surface area contributed by atoms with Crippen molar-refractivity contribution in [1.82, 2.24) is 5.32 Å². The Hall–Kier alpha value is -1.06. The summed E-state index contributed by atoms with van der Waals surface area (Å²) in [4.78, 5) is 0. The summed E-state index contributed by atoms with van der Waals surface area (Å²) >= 11 is 0. The Morgan fingerprint density at radius 3 is 2.61 bits per heavy atom. The highest BCUT2D eigenvalue weighted by Crippen LogP contribution is 2.25. The molecule has 0 heterocycles. The maximum absolute atomic E-state index is 5.81. The first-order chi connectivity index (χ1) is 8.75. The second-order valence-corrected chi connectivity index (χ2v) is 4.61. The second kappa shape index (κ2) is 8.95. The van der Waals surface area contributed by atoms with E-state index in [-0.39, 0.29) is 0 Å². The van der Waals surface area contributed by atoms with E-state index in [0.29, 0.717) is 12.5 Å². The number of hydrogen-bond acceptors (Lipinski definition) is 3. The number of benzene rings is 1. The van der Waals surface area contributed by atoms with E-state index in [1.807, 2.05) is 19.2 Å². The standard InChI is InChI=1S/C15H25NO2/c1-13(2)14-7-4-5-8-15(14)18-11-6-10-17-12-9-16-3/h4-5,7-8,13,16H,6,9-12H2,1-3H3. The molecule has 0 spiro atoms. The molecule has 0 aliphatic rings. The smallest absolute Gasteiger partial charge is 0.122 e. The molecular weight excluding hydrogens is 226 g/mol. The predicted octanol–water partition coefficient (Wildman–Crippen LogP) is 2.81. The Bertz CT molecular complexity index is 326. The lowest BCUT2D eigenvalue weighted by Gasteiger charge is -2.13. The topological polar surface area (TPSA) is 30.5 Å². The van der Waals surface area contributed by atoms with Crippen LogP contribution < -0.4 is 10.1 Å². The van der Waals surface area contributed by atoms with Crippen molar-refractivity contribution < 1.29 is 9.47 Å². The second-order valence-electron chi connectivity index (χ2n) is 4.61. The maximum atomic E-state index is 5.81. The van der Waals surface area contributed by atoms with E-state index >= 15 is 0 Å². The molecular formula is C15H25NO2. The molecule has 1 aromatic rings. The van der Waals surface area contributed by atoms with E-state index in [1.165, 1.54) is 5.56 Å². The van der Waals surface area contributed by atoms with Crippen LogP contribution in [0.2, 0.25) is 0 Å². The molecule has 1 aromatic carbocycles. The first-order valence-corrected chi connectivity index (χ1v) is 6.69. The van der Waals surface area contributed by atoms with Crippen molar-refractivity contribution in [2.45, 2.75) is 26.2 Å². The van der Waals surface area contributed by atoms with Gasteiger partial charge in [-0.15, -0.1) is 0 Å². The van der Waals surface area contributed by atoms with Crippen LogP contribution in [0.3, 0.4) is 0 Å². The van der Waals surface area contributed by atoms with Crippen LogP contribution in [0, 0.1) is 0 Å². The molecule has 0 unspecified atom stereocenters. The molecule has 0 bridgehead atoms. The first kappa shape index (κ1) is 15.0. The van der Waals surface area contributed by atoms with E-state index in [4.69, 9.17) is 9.47 Å². The molecule has 0 saturated carbocycles. The summed E-state index contributed by atoms with van der Waals surface area (Å²) in [5.41, 5.74) is 1.27. The van der Waals surface area contributed by atoms with Gasteiger partial charge in [0.2, 0.25) is 0 Å². The van der Waals surface area contributed by atoms with Gasteiger partial charge in [0.15, 0.2) is 0 Å². The third kappa shape index (κ3) is 5.52. The molecule has 3 heteroatoms. The minimum absolute atomic E-state index is 0.494. The Kier molecular flexibility index (Phi) is 7.46. The predicted molar refractivity (Wildman–Crippen MR) is 75.4 cm³/mol. The van der Waals surface area contributed by atoms with Gasteiger partial charge in [-0.1, -0.05) is 32.0 Å². The van der Waals surface area contributed by atoms with Crippen LogP contribution in [0.1, 0.15) is 31.7 Å². The van der Waals surface area contributed by atoms with Crippen molar-refractivity contribution in [2.24, 2.45) is 0 Å². The number of hydrogen-bond donors (Lipinski definition) is 1. The SMILES string of the molecule is CNCCOCCCOc1ccccc1C(C)C. The normalized spacial score (nSPS) is 10.9. The molecule has 18 heavy (non-hydrogen) atoms. The largest absolute Gasteiger partial charge is 0.493 e. The number of ether oxygens (including phenoxy) is 2. The summed E-state index contributed by atoms with van der Waals surface area (Å²) in [7, 11) is 1.93. The van der Waals surface area contributed by atoms with Crippen LogP contribution in [0.5, 0.6) is 5.75 Å². The van der Waals surface area contributed by atoms with Crippen LogP contribution in [0.4, 0.5) is 0 Å². The fourth-order valence-corrected chi connectivity index (χ4v) is 1.71. The van der Waals surface area contributed by atoms with Gasteiger partial charge >= 0.3 is 0 Å². The average molecular weight is 251 g/mol. The van der Waals surface area contributed by atoms with Gasteiger partial charge in [0, 0.05) is 19.6 Å². The third-order valence-electron chi connectivity index (χ3n) is 2.73. The van der Waals surface area contributed by atoms with Crippen LogP contribution >= 0.6 is 0 Å². The summed E-state index contributed by atoms with van der Waals surface area (Å²) in [6.07, 6.45) is 0.927. The maximum Gasteiger partial charge on any atom is 0.122 e. The van der Waals surface area contributed by atoms with Crippen molar-refractivity contribution in [3.05, 3.63) is 29.8 Å². The zero-order chi connectivity index (χ0) is 13.2. The molecule has 0 saturated heterocycles. The quantitative estimate of drug-likeness (QED) is 0.685. The Morgan fingerprint density at radius 2 is 1.89 bits per heavy atom. The minimum Gasteiger partial charge on any atom is -0.493 e. The molecule has 0 aliphatic carbocycles. The van der Waals surface area contributed by atoms with Gasteiger partial charge in [-0.05, 0) is 24.6 Å². The van der Waals surface area contributed by atoms with Crippen LogP contribution in [0.25, 0.3) is 0 Å². The molecule has 0 fully saturated rings. The van der Waals surface area contributed by atoms with Crippen molar-refractivity contribution in [1.29, 1.82) is 0 Å². The highest BCUT2D eigenvalue weighted by atomic mass is 16.5. The number of nitrogens with one attached hydrogen (secondary N) is 1. The summed E-state index contributed by atoms with van der Waals surface area (Å²) in [6.45, 7) is 7.50. The van der Waals surface area contributed by atoms with Crippen LogP contribution in [0.15, 0.2) is 24.3 Å². The van der Waals surface area contributed by atoms with E-state index < -0.39 is 0 Å². The molecule has 0 atom stereocenters. The summed E-state index contributed by atoms with van der Waals surface area (Å²) in [5.74, 6) is 1.50. The number of para-hydroxylation sites is 1. The lowest BCUT2D eigenvalue weighted by molar-refractivity contribution is 0.122. The van der Waals surface area contributed by atoms with E-state index in [0.717, 1.165) is 31.9 Å². The minimum atomic E-state index is 0.494. The first-order valence-electron chi connectivity index (χ1n) is 6.69. The Balaban J connectivity index is 2.23. The Morgan fingerprint density at radius 1 is 1.11 bits per heavy atom. The zero-order valence-electron chi connectivity index (χ0n) is 11.7. The molecule has 0 radical (unpaired) electrons. The number of likely N-dealkylation sites (N-methyl/N-ethyl adjacent to an activating group) is 1. The fourth-order valence-electron chi connectivity index (χ4n) is 1.71. The molecule has 1 N–H and O–H groups in total. The third-order valence-corrected chi connectivity index (χ3v) is 2.73. The fraction of sp³-hybridized carbons (Fsp3) is 0.600. The van der Waals surface area contributed by atoms with Gasteiger partial charge in [-0.25, -0.2) is 0 Å². The van der Waals surface area contributed by atoms with Crippen molar-refractivity contribution in [3.63, 3.8) is 0 Å². The highest BCUT2D eigenvalue weighted by molar-refractivity contribution is 5.35. The van der Waals surface area contributed by atoms with Gasteiger partial charge < -0.3 is 14.8 Å². The van der Waals surface area contributed by atoms with Crippen LogP contribution in [-0.2, 0) is 4.74 Å². The highest BCUT2D eigenvalue weighted by Gasteiger charge is 2.06. The average Bonchev–Trinajstić information content (AvgIpc) is 2.38. The van der Waals surface area contributed by atoms with E-state index in [9.17, 15) is 0 Å². The molecule has 0 amide bonds. The van der Waals surface area contributed by atoms with Crippen LogP contribution in [-0.4, -0.2) is 33.4 Å². The zero-order valence-corrected chi connectivity index (χ0v) is 11.7. The van der Waals surface area contributed by atoms with E-state index in [1.54, 1.807) is 0 Å². The van der Waals surface area contributed by atoms with Gasteiger partial charge in [-0.2, -0.15) is 0 Å².